The van der Waals surface area contributed by atoms with Crippen LogP contribution in [0.4, 0.5) is 0 Å². The minimum Gasteiger partial charge on any atom is -0.508 e. The molecular formula is C50H71N7O12. The van der Waals surface area contributed by atoms with Crippen molar-refractivity contribution in [2.45, 2.75) is 167 Å². The predicted molar refractivity (Wildman–Crippen MR) is 254 cm³/mol. The van der Waals surface area contributed by atoms with Crippen LogP contribution in [0, 0.1) is 11.8 Å². The fourth-order valence-corrected chi connectivity index (χ4v) is 8.59. The van der Waals surface area contributed by atoms with Crippen molar-refractivity contribution >= 4 is 53.3 Å². The Hall–Kier alpha value is -6.53. The third-order valence-corrected chi connectivity index (χ3v) is 12.5. The van der Waals surface area contributed by atoms with E-state index in [9.17, 15) is 53.4 Å². The SMILES string of the molecule is CCCCCC(=O)NC(CC(=O)O)C(=O)NC1C(=O)NC(Cc2ccc(O)cc2)C(=O)NC2CCC(C)N(C2=O)C(CC(C)C)C(=O)N(C)C(Cc2ccccc2)C(=O)NC(C(C)C)C(=O)OC1C. The molecule has 9 unspecified atom stereocenters. The Morgan fingerprint density at radius 1 is 0.797 bits per heavy atom. The van der Waals surface area contributed by atoms with Crippen LogP contribution in [0.1, 0.15) is 111 Å². The van der Waals surface area contributed by atoms with Crippen LogP contribution in [0.5, 0.6) is 5.75 Å². The monoisotopic (exact) mass is 962 g/mol. The molecule has 2 aliphatic heterocycles. The van der Waals surface area contributed by atoms with Crippen molar-refractivity contribution in [3.8, 4) is 5.75 Å². The van der Waals surface area contributed by atoms with Gasteiger partial charge in [-0.25, -0.2) is 4.79 Å². The second-order valence-corrected chi connectivity index (χ2v) is 19.0. The number of carboxylic acids is 1. The summed E-state index contributed by atoms with van der Waals surface area (Å²) in [6.45, 7) is 12.1. The lowest BCUT2D eigenvalue weighted by atomic mass is 9.91. The van der Waals surface area contributed by atoms with Crippen molar-refractivity contribution in [1.29, 1.82) is 0 Å². The van der Waals surface area contributed by atoms with Crippen molar-refractivity contribution in [3.05, 3.63) is 65.7 Å². The highest BCUT2D eigenvalue weighted by atomic mass is 16.5. The van der Waals surface area contributed by atoms with Crippen LogP contribution >= 0.6 is 0 Å². The number of nitrogens with zero attached hydrogens (tertiary/aromatic N) is 2. The van der Waals surface area contributed by atoms with E-state index >= 15 is 0 Å². The second-order valence-electron chi connectivity index (χ2n) is 19.0. The number of carboxylic acid groups (broad SMARTS) is 1. The van der Waals surface area contributed by atoms with Crippen LogP contribution in [0.15, 0.2) is 54.6 Å². The third-order valence-electron chi connectivity index (χ3n) is 12.5. The Labute approximate surface area is 404 Å². The van der Waals surface area contributed by atoms with Crippen LogP contribution < -0.4 is 26.6 Å². The first kappa shape index (κ1) is 55.1. The molecule has 2 saturated heterocycles. The lowest BCUT2D eigenvalue weighted by Crippen LogP contribution is -2.64. The lowest BCUT2D eigenvalue weighted by molar-refractivity contribution is -0.158. The highest BCUT2D eigenvalue weighted by molar-refractivity contribution is 5.99. The number of ether oxygens (including phenoxy) is 1. The average Bonchev–Trinajstić information content (AvgIpc) is 3.28. The maximum absolute atomic E-state index is 14.9. The molecule has 9 atom stereocenters. The Balaban J connectivity index is 1.87. The fraction of sp³-hybridized carbons (Fsp3) is 0.580. The van der Waals surface area contributed by atoms with E-state index in [1.807, 2.05) is 20.8 Å². The summed E-state index contributed by atoms with van der Waals surface area (Å²) in [6.07, 6.45) is 0.117. The molecule has 0 aromatic heterocycles. The van der Waals surface area contributed by atoms with Gasteiger partial charge in [-0.2, -0.15) is 0 Å². The molecule has 7 amide bonds. The minimum absolute atomic E-state index is 0.000240. The van der Waals surface area contributed by atoms with Gasteiger partial charge >= 0.3 is 11.9 Å². The van der Waals surface area contributed by atoms with Gasteiger partial charge in [0.1, 0.15) is 54.1 Å². The largest absolute Gasteiger partial charge is 0.508 e. The minimum atomic E-state index is -1.84. The first-order valence-electron chi connectivity index (χ1n) is 23.9. The second kappa shape index (κ2) is 25.7. The highest BCUT2D eigenvalue weighted by Gasteiger charge is 2.45. The topological polar surface area (TPSA) is 270 Å². The number of unbranched alkanes of at least 4 members (excludes halogenated alkanes) is 2. The molecule has 0 radical (unpaired) electrons. The average molecular weight is 962 g/mol. The molecule has 2 heterocycles. The number of hydrogen-bond acceptors (Lipinski definition) is 11. The number of cyclic esters (lactones) is 1. The highest BCUT2D eigenvalue weighted by Crippen LogP contribution is 2.27. The number of aromatic hydroxyl groups is 1. The number of esters is 1. The summed E-state index contributed by atoms with van der Waals surface area (Å²) in [5.74, 6) is -8.66. The third kappa shape index (κ3) is 15.8. The van der Waals surface area contributed by atoms with E-state index in [0.29, 0.717) is 30.4 Å². The molecule has 69 heavy (non-hydrogen) atoms. The van der Waals surface area contributed by atoms with Crippen molar-refractivity contribution in [3.63, 3.8) is 0 Å². The molecular weight excluding hydrogens is 891 g/mol. The van der Waals surface area contributed by atoms with Gasteiger partial charge in [0.15, 0.2) is 0 Å². The Morgan fingerprint density at radius 3 is 2.06 bits per heavy atom. The number of amides is 7. The van der Waals surface area contributed by atoms with Crippen molar-refractivity contribution in [1.82, 2.24) is 36.4 Å². The standard InChI is InChI=1S/C50H71N7O12/c1-9-10-12-17-40(59)51-37(27-41(60)61)45(63)55-43-31(7)69-50(68)42(29(4)5)54-46(64)38(26-32-15-13-11-14-16-32)56(8)49(67)39(24-28(2)3)57-30(6)18-23-35(48(57)66)52-44(62)36(53-47(43)65)25-33-19-21-34(58)22-20-33/h11,13-16,19-22,28-31,35-39,42-43,58H,9-10,12,17-18,23-27H2,1-8H3,(H,51,59)(H,52,62)(H,53,65)(H,54,64)(H,55,63)(H,60,61). The fourth-order valence-electron chi connectivity index (χ4n) is 8.59. The number of piperidine rings is 1. The summed E-state index contributed by atoms with van der Waals surface area (Å²) in [4.78, 5) is 129. The molecule has 2 fully saturated rings. The van der Waals surface area contributed by atoms with Crippen LogP contribution in [-0.4, -0.2) is 135 Å². The predicted octanol–water partition coefficient (Wildman–Crippen LogP) is 2.51. The van der Waals surface area contributed by atoms with Gasteiger partial charge in [-0.3, -0.25) is 38.4 Å². The van der Waals surface area contributed by atoms with Gasteiger partial charge in [0.05, 0.1) is 6.42 Å². The summed E-state index contributed by atoms with van der Waals surface area (Å²) in [5, 5.41) is 32.8. The Bertz CT molecular complexity index is 2130. The first-order valence-corrected chi connectivity index (χ1v) is 23.9. The Morgan fingerprint density at radius 2 is 1.45 bits per heavy atom. The van der Waals surface area contributed by atoms with Crippen molar-refractivity contribution < 1.29 is 58.1 Å². The lowest BCUT2D eigenvalue weighted by Gasteiger charge is -2.44. The van der Waals surface area contributed by atoms with E-state index in [4.69, 9.17) is 4.74 Å². The van der Waals surface area contributed by atoms with Gasteiger partial charge in [0.25, 0.3) is 0 Å². The van der Waals surface area contributed by atoms with E-state index in [1.54, 1.807) is 51.1 Å². The van der Waals surface area contributed by atoms with Crippen LogP contribution in [0.3, 0.4) is 0 Å². The summed E-state index contributed by atoms with van der Waals surface area (Å²) >= 11 is 0. The number of fused-ring (bicyclic) bond motifs is 2. The number of carbonyl (C=O) groups excluding carboxylic acids is 8. The molecule has 0 spiro atoms. The number of nitrogens with one attached hydrogen (secondary N) is 5. The van der Waals surface area contributed by atoms with Crippen LogP contribution in [-0.2, 0) is 60.7 Å². The molecule has 378 valence electrons. The van der Waals surface area contributed by atoms with E-state index < -0.39 is 120 Å². The van der Waals surface area contributed by atoms with Gasteiger partial charge in [-0.05, 0) is 74.6 Å². The van der Waals surface area contributed by atoms with Gasteiger partial charge in [-0.1, -0.05) is 89.9 Å². The van der Waals surface area contributed by atoms with Gasteiger partial charge < -0.3 is 51.3 Å². The van der Waals surface area contributed by atoms with E-state index in [1.165, 1.54) is 48.0 Å². The number of rotatable bonds is 16. The number of phenolic OH excluding ortho intramolecular Hbond substituents is 1. The van der Waals surface area contributed by atoms with Gasteiger partial charge in [-0.15, -0.1) is 0 Å². The van der Waals surface area contributed by atoms with E-state index in [-0.39, 0.29) is 43.8 Å². The molecule has 4 rings (SSSR count). The zero-order chi connectivity index (χ0) is 51.1. The van der Waals surface area contributed by atoms with E-state index in [2.05, 4.69) is 26.6 Å². The maximum Gasteiger partial charge on any atom is 0.329 e. The van der Waals surface area contributed by atoms with Crippen molar-refractivity contribution in [2.75, 3.05) is 7.05 Å². The normalized spacial score (nSPS) is 24.8. The number of likely N-dealkylation sites (N-methyl/N-ethyl adjacent to an activating group) is 1. The summed E-state index contributed by atoms with van der Waals surface area (Å²) in [6, 6.07) is 4.47. The number of carbonyl (C=O) groups is 9. The molecule has 2 aliphatic rings. The summed E-state index contributed by atoms with van der Waals surface area (Å²) in [5.41, 5.74) is 1.17. The molecule has 19 heteroatoms. The number of benzene rings is 2. The number of hydrogen-bond donors (Lipinski definition) is 7. The van der Waals surface area contributed by atoms with Crippen LogP contribution in [0.2, 0.25) is 0 Å². The smallest absolute Gasteiger partial charge is 0.329 e. The zero-order valence-electron chi connectivity index (χ0n) is 41.0. The number of aliphatic carboxylic acids is 1. The van der Waals surface area contributed by atoms with Gasteiger partial charge in [0.2, 0.25) is 41.4 Å². The summed E-state index contributed by atoms with van der Waals surface area (Å²) in [7, 11) is 1.47. The van der Waals surface area contributed by atoms with Crippen LogP contribution in [0.25, 0.3) is 0 Å². The molecule has 2 bridgehead atoms. The van der Waals surface area contributed by atoms with Crippen molar-refractivity contribution in [2.24, 2.45) is 11.8 Å². The van der Waals surface area contributed by atoms with Gasteiger partial charge in [0, 0.05) is 32.4 Å². The quantitative estimate of drug-likeness (QED) is 0.0946. The molecule has 0 aliphatic carbocycles. The summed E-state index contributed by atoms with van der Waals surface area (Å²) < 4.78 is 5.87. The zero-order valence-corrected chi connectivity index (χ0v) is 41.0. The molecule has 7 N–H and O–H groups in total. The molecule has 0 saturated carbocycles. The molecule has 2 aromatic carbocycles. The molecule has 2 aromatic rings. The maximum atomic E-state index is 14.9. The Kier molecular flexibility index (Phi) is 20.5. The molecule has 19 nitrogen and oxygen atoms in total. The number of phenols is 1. The first-order chi connectivity index (χ1) is 32.6. The van der Waals surface area contributed by atoms with E-state index in [0.717, 1.165) is 6.42 Å².